The lowest BCUT2D eigenvalue weighted by Gasteiger charge is -2.26. The van der Waals surface area contributed by atoms with Gasteiger partial charge in [-0.05, 0) is 30.7 Å². The molecule has 2 aromatic carbocycles. The summed E-state index contributed by atoms with van der Waals surface area (Å²) >= 11 is 6.25. The normalized spacial score (nSPS) is 15.6. The molecule has 1 fully saturated rings. The van der Waals surface area contributed by atoms with Crippen molar-refractivity contribution in [2.45, 2.75) is 24.0 Å². The number of sulfonamides is 1. The van der Waals surface area contributed by atoms with Crippen LogP contribution in [0.4, 0.5) is 24.7 Å². The molecule has 4 rings (SSSR count). The fourth-order valence-corrected chi connectivity index (χ4v) is 6.08. The summed E-state index contributed by atoms with van der Waals surface area (Å²) in [5, 5.41) is -0.559. The Labute approximate surface area is 223 Å². The maximum absolute atomic E-state index is 15.6. The van der Waals surface area contributed by atoms with Gasteiger partial charge in [0, 0.05) is 37.9 Å². The molecular weight excluding hydrogens is 547 g/mol. The van der Waals surface area contributed by atoms with Crippen molar-refractivity contribution in [3.63, 3.8) is 0 Å². The zero-order chi connectivity index (χ0) is 27.6. The van der Waals surface area contributed by atoms with Gasteiger partial charge in [-0.1, -0.05) is 17.7 Å². The maximum atomic E-state index is 15.6. The molecule has 0 amide bonds. The lowest BCUT2D eigenvalue weighted by atomic mass is 10.2. The molecule has 38 heavy (non-hydrogen) atoms. The van der Waals surface area contributed by atoms with Crippen LogP contribution in [0.3, 0.4) is 0 Å². The number of pyridine rings is 1. The van der Waals surface area contributed by atoms with E-state index < -0.39 is 49.9 Å². The Balaban J connectivity index is 1.83. The Morgan fingerprint density at radius 1 is 1.11 bits per heavy atom. The van der Waals surface area contributed by atoms with Gasteiger partial charge in [0.05, 0.1) is 32.6 Å². The van der Waals surface area contributed by atoms with Crippen LogP contribution in [0.1, 0.15) is 12.0 Å². The van der Waals surface area contributed by atoms with E-state index in [-0.39, 0.29) is 17.5 Å². The first kappa shape index (κ1) is 27.8. The summed E-state index contributed by atoms with van der Waals surface area (Å²) in [6.07, 6.45) is 0.452. The highest BCUT2D eigenvalue weighted by molar-refractivity contribution is 7.92. The molecule has 2 heterocycles. The van der Waals surface area contributed by atoms with Gasteiger partial charge in [0.25, 0.3) is 10.0 Å². The molecule has 3 aromatic rings. The smallest absolute Gasteiger partial charge is 0.271 e. The van der Waals surface area contributed by atoms with E-state index >= 15 is 8.78 Å². The van der Waals surface area contributed by atoms with Crippen molar-refractivity contribution in [1.29, 1.82) is 0 Å². The first-order valence-corrected chi connectivity index (χ1v) is 13.2. The van der Waals surface area contributed by atoms with E-state index in [1.807, 2.05) is 0 Å². The predicted molar refractivity (Wildman–Crippen MR) is 136 cm³/mol. The third-order valence-corrected chi connectivity index (χ3v) is 8.37. The second-order valence-electron chi connectivity index (χ2n) is 8.43. The minimum absolute atomic E-state index is 0.00687. The van der Waals surface area contributed by atoms with E-state index in [4.69, 9.17) is 25.8 Å². The second-order valence-corrected chi connectivity index (χ2v) is 10.6. The first-order valence-electron chi connectivity index (χ1n) is 11.4. The van der Waals surface area contributed by atoms with Gasteiger partial charge in [0.2, 0.25) is 5.95 Å². The minimum atomic E-state index is -5.01. The molecule has 0 saturated carbocycles. The molecule has 1 aliphatic heterocycles. The molecule has 0 N–H and O–H groups in total. The highest BCUT2D eigenvalue weighted by atomic mass is 35.5. The molecule has 204 valence electrons. The van der Waals surface area contributed by atoms with Crippen LogP contribution < -0.4 is 18.7 Å². The summed E-state index contributed by atoms with van der Waals surface area (Å²) in [5.41, 5.74) is 0.307. The zero-order valence-corrected chi connectivity index (χ0v) is 22.3. The summed E-state index contributed by atoms with van der Waals surface area (Å²) in [7, 11) is -0.677. The molecule has 1 aromatic heterocycles. The number of anilines is 2. The predicted octanol–water partition coefficient (Wildman–Crippen LogP) is 4.79. The Morgan fingerprint density at radius 2 is 1.87 bits per heavy atom. The molecule has 0 aliphatic carbocycles. The third-order valence-electron chi connectivity index (χ3n) is 6.23. The van der Waals surface area contributed by atoms with E-state index in [9.17, 15) is 12.8 Å². The Kier molecular flexibility index (Phi) is 8.24. The highest BCUT2D eigenvalue weighted by Gasteiger charge is 2.36. The minimum Gasteiger partial charge on any atom is -0.497 e. The lowest BCUT2D eigenvalue weighted by Crippen LogP contribution is -2.33. The molecule has 1 aliphatic rings. The number of rotatable bonds is 9. The molecule has 0 bridgehead atoms. The van der Waals surface area contributed by atoms with Gasteiger partial charge in [-0.15, -0.1) is 0 Å². The molecule has 1 saturated heterocycles. The van der Waals surface area contributed by atoms with Gasteiger partial charge in [0.1, 0.15) is 28.2 Å². The topological polar surface area (TPSA) is 81.2 Å². The average molecular weight is 572 g/mol. The van der Waals surface area contributed by atoms with E-state index in [2.05, 4.69) is 4.98 Å². The largest absolute Gasteiger partial charge is 0.497 e. The monoisotopic (exact) mass is 571 g/mol. The fraction of sp³-hybridized carbons (Fsp3) is 0.320. The molecule has 1 atom stereocenters. The van der Waals surface area contributed by atoms with Crippen LogP contribution >= 0.6 is 11.6 Å². The zero-order valence-electron chi connectivity index (χ0n) is 20.8. The number of aromatic nitrogens is 1. The number of benzene rings is 2. The van der Waals surface area contributed by atoms with Crippen molar-refractivity contribution < 1.29 is 35.8 Å². The summed E-state index contributed by atoms with van der Waals surface area (Å²) in [5.74, 6) is -3.54. The van der Waals surface area contributed by atoms with Gasteiger partial charge in [0.15, 0.2) is 10.7 Å². The summed E-state index contributed by atoms with van der Waals surface area (Å²) in [6.45, 7) is 0.253. The van der Waals surface area contributed by atoms with Gasteiger partial charge in [-0.25, -0.2) is 26.5 Å². The lowest BCUT2D eigenvalue weighted by molar-refractivity contribution is 0.121. The Bertz CT molecular complexity index is 1440. The molecule has 0 radical (unpaired) electrons. The van der Waals surface area contributed by atoms with Crippen LogP contribution in [0.5, 0.6) is 11.5 Å². The number of ether oxygens (including phenoxy) is 3. The molecule has 13 heteroatoms. The first-order chi connectivity index (χ1) is 18.1. The number of methoxy groups -OCH3 is 3. The van der Waals surface area contributed by atoms with Crippen molar-refractivity contribution >= 4 is 33.1 Å². The average Bonchev–Trinajstić information content (AvgIpc) is 3.38. The summed E-state index contributed by atoms with van der Waals surface area (Å²) < 4.78 is 89.2. The van der Waals surface area contributed by atoms with E-state index in [1.54, 1.807) is 11.0 Å². The van der Waals surface area contributed by atoms with E-state index in [1.165, 1.54) is 45.6 Å². The van der Waals surface area contributed by atoms with Crippen LogP contribution in [0.15, 0.2) is 47.4 Å². The molecular formula is C25H25ClF3N3O5S. The van der Waals surface area contributed by atoms with Gasteiger partial charge in [-0.2, -0.15) is 4.39 Å². The Morgan fingerprint density at radius 3 is 2.50 bits per heavy atom. The summed E-state index contributed by atoms with van der Waals surface area (Å²) in [6, 6.07) is 8.90. The molecule has 8 nitrogen and oxygen atoms in total. The fourth-order valence-electron chi connectivity index (χ4n) is 4.24. The van der Waals surface area contributed by atoms with Crippen LogP contribution in [0.25, 0.3) is 0 Å². The molecule has 0 spiro atoms. The number of hydrogen-bond acceptors (Lipinski definition) is 7. The van der Waals surface area contributed by atoms with Crippen molar-refractivity contribution in [1.82, 2.24) is 4.98 Å². The van der Waals surface area contributed by atoms with Crippen LogP contribution in [-0.4, -0.2) is 53.9 Å². The van der Waals surface area contributed by atoms with Gasteiger partial charge in [-0.3, -0.25) is 0 Å². The van der Waals surface area contributed by atoms with Crippen molar-refractivity contribution in [2.24, 2.45) is 0 Å². The van der Waals surface area contributed by atoms with Crippen LogP contribution in [-0.2, 0) is 21.3 Å². The molecule has 0 unspecified atom stereocenters. The third kappa shape index (κ3) is 5.33. The standard InChI is InChI=1S/C25H25ClF3N3O5S/c1-35-16-8-7-15(20(11-16)37-3)13-32(22-6-4-5-21(28)30-22)38(33,34)25-18(27)12-19(23(26)24(25)29)31-10-9-17(14-31)36-2/h4-8,11-12,17H,9-10,13-14H2,1-3H3/t17-/m1/s1. The van der Waals surface area contributed by atoms with Crippen LogP contribution in [0.2, 0.25) is 5.02 Å². The van der Waals surface area contributed by atoms with Gasteiger partial charge < -0.3 is 19.1 Å². The van der Waals surface area contributed by atoms with Crippen LogP contribution in [0, 0.1) is 17.6 Å². The number of nitrogens with zero attached hydrogens (tertiary/aromatic N) is 3. The Hall–Kier alpha value is -3.22. The van der Waals surface area contributed by atoms with Gasteiger partial charge >= 0.3 is 0 Å². The maximum Gasteiger partial charge on any atom is 0.271 e. The van der Waals surface area contributed by atoms with E-state index in [0.29, 0.717) is 35.1 Å². The second kappa shape index (κ2) is 11.3. The van der Waals surface area contributed by atoms with E-state index in [0.717, 1.165) is 12.1 Å². The van der Waals surface area contributed by atoms with Crippen molar-refractivity contribution in [3.8, 4) is 11.5 Å². The SMILES string of the molecule is COc1ccc(CN(c2cccc(F)n2)S(=O)(=O)c2c(F)cc(N3CC[C@@H](OC)C3)c(Cl)c2F)c(OC)c1. The summed E-state index contributed by atoms with van der Waals surface area (Å²) in [4.78, 5) is 3.98. The quantitative estimate of drug-likeness (QED) is 0.270. The van der Waals surface area contributed by atoms with Crippen molar-refractivity contribution in [2.75, 3.05) is 43.6 Å². The highest BCUT2D eigenvalue weighted by Crippen LogP contribution is 2.39. The number of halogens is 4. The van der Waals surface area contributed by atoms with Crippen molar-refractivity contribution in [3.05, 3.63) is 70.6 Å². The number of hydrogen-bond donors (Lipinski definition) is 0.